The highest BCUT2D eigenvalue weighted by molar-refractivity contribution is 7.98. The normalized spacial score (nSPS) is 10.2. The molecule has 0 atom stereocenters. The molecular weight excluding hydrogens is 271 g/mol. The SMILES string of the molecule is CNCc1ccc(SCc2cc(C#N)ccc2F)cc1. The first kappa shape index (κ1) is 14.6. The third-order valence-corrected chi connectivity index (χ3v) is 3.93. The summed E-state index contributed by atoms with van der Waals surface area (Å²) in [4.78, 5) is 1.09. The summed E-state index contributed by atoms with van der Waals surface area (Å²) in [7, 11) is 1.91. The predicted molar refractivity (Wildman–Crippen MR) is 79.9 cm³/mol. The predicted octanol–water partition coefficient (Wildman–Crippen LogP) is 3.71. The van der Waals surface area contributed by atoms with Crippen LogP contribution in [-0.2, 0) is 12.3 Å². The summed E-state index contributed by atoms with van der Waals surface area (Å²) in [5.74, 6) is 0.260. The number of nitrogens with one attached hydrogen (secondary N) is 1. The van der Waals surface area contributed by atoms with Crippen molar-refractivity contribution in [3.8, 4) is 6.07 Å². The van der Waals surface area contributed by atoms with Gasteiger partial charge in [-0.25, -0.2) is 4.39 Å². The van der Waals surface area contributed by atoms with Crippen LogP contribution in [0, 0.1) is 17.1 Å². The van der Waals surface area contributed by atoms with Gasteiger partial charge in [-0.1, -0.05) is 12.1 Å². The van der Waals surface area contributed by atoms with Crippen LogP contribution in [0.4, 0.5) is 4.39 Å². The van der Waals surface area contributed by atoms with Crippen LogP contribution in [-0.4, -0.2) is 7.05 Å². The number of benzene rings is 2. The summed E-state index contributed by atoms with van der Waals surface area (Å²) >= 11 is 1.56. The fraction of sp³-hybridized carbons (Fsp3) is 0.188. The molecule has 0 saturated heterocycles. The largest absolute Gasteiger partial charge is 0.316 e. The molecule has 2 aromatic rings. The molecule has 0 spiro atoms. The van der Waals surface area contributed by atoms with Gasteiger partial charge in [-0.2, -0.15) is 5.26 Å². The van der Waals surface area contributed by atoms with Crippen molar-refractivity contribution in [2.45, 2.75) is 17.2 Å². The van der Waals surface area contributed by atoms with Gasteiger partial charge in [0.1, 0.15) is 5.82 Å². The average molecular weight is 286 g/mol. The van der Waals surface area contributed by atoms with Crippen molar-refractivity contribution in [1.29, 1.82) is 5.26 Å². The van der Waals surface area contributed by atoms with Crippen molar-refractivity contribution < 1.29 is 4.39 Å². The maximum absolute atomic E-state index is 13.6. The van der Waals surface area contributed by atoms with Gasteiger partial charge in [0.05, 0.1) is 11.6 Å². The first-order chi connectivity index (χ1) is 9.72. The van der Waals surface area contributed by atoms with E-state index in [-0.39, 0.29) is 5.82 Å². The molecule has 0 aromatic heterocycles. The van der Waals surface area contributed by atoms with Crippen molar-refractivity contribution in [3.05, 3.63) is 65.0 Å². The highest BCUT2D eigenvalue weighted by atomic mass is 32.2. The van der Waals surface area contributed by atoms with E-state index in [4.69, 9.17) is 5.26 Å². The molecule has 0 aliphatic carbocycles. The van der Waals surface area contributed by atoms with Crippen LogP contribution in [0.5, 0.6) is 0 Å². The molecular formula is C16H15FN2S. The summed E-state index contributed by atoms with van der Waals surface area (Å²) in [5.41, 5.74) is 2.27. The quantitative estimate of drug-likeness (QED) is 0.851. The van der Waals surface area contributed by atoms with Gasteiger partial charge < -0.3 is 5.32 Å². The van der Waals surface area contributed by atoms with E-state index in [0.717, 1.165) is 11.4 Å². The maximum atomic E-state index is 13.6. The van der Waals surface area contributed by atoms with Crippen LogP contribution in [0.2, 0.25) is 0 Å². The van der Waals surface area contributed by atoms with Crippen LogP contribution in [0.25, 0.3) is 0 Å². The minimum Gasteiger partial charge on any atom is -0.316 e. The number of rotatable bonds is 5. The lowest BCUT2D eigenvalue weighted by atomic mass is 10.1. The Balaban J connectivity index is 2.03. The third-order valence-electron chi connectivity index (χ3n) is 2.87. The van der Waals surface area contributed by atoms with Crippen LogP contribution in [0.1, 0.15) is 16.7 Å². The Morgan fingerprint density at radius 3 is 2.60 bits per heavy atom. The van der Waals surface area contributed by atoms with E-state index < -0.39 is 0 Å². The minimum absolute atomic E-state index is 0.261. The van der Waals surface area contributed by atoms with Gasteiger partial charge >= 0.3 is 0 Å². The highest BCUT2D eigenvalue weighted by Gasteiger charge is 2.04. The van der Waals surface area contributed by atoms with Crippen molar-refractivity contribution in [3.63, 3.8) is 0 Å². The Bertz CT molecular complexity index is 617. The molecule has 2 nitrogen and oxygen atoms in total. The second kappa shape index (κ2) is 7.09. The molecule has 20 heavy (non-hydrogen) atoms. The number of nitrogens with zero attached hydrogens (tertiary/aromatic N) is 1. The van der Waals surface area contributed by atoms with Crippen LogP contribution >= 0.6 is 11.8 Å². The molecule has 0 unspecified atom stereocenters. The Kier molecular flexibility index (Phi) is 5.16. The Labute approximate surface area is 122 Å². The van der Waals surface area contributed by atoms with Gasteiger partial charge in [0, 0.05) is 17.2 Å². The standard InChI is InChI=1S/C16H15FN2S/c1-19-10-12-2-5-15(6-3-12)20-11-14-8-13(9-18)4-7-16(14)17/h2-8,19H,10-11H2,1H3. The average Bonchev–Trinajstić information content (AvgIpc) is 2.48. The monoisotopic (exact) mass is 286 g/mol. The summed E-state index contributed by atoms with van der Waals surface area (Å²) in [6.45, 7) is 0.837. The summed E-state index contributed by atoms with van der Waals surface area (Å²) in [6.07, 6.45) is 0. The van der Waals surface area contributed by atoms with Gasteiger partial charge in [0.2, 0.25) is 0 Å². The van der Waals surface area contributed by atoms with E-state index in [9.17, 15) is 4.39 Å². The Morgan fingerprint density at radius 1 is 1.20 bits per heavy atom. The molecule has 4 heteroatoms. The Hall–Kier alpha value is -1.83. The molecule has 1 N–H and O–H groups in total. The van der Waals surface area contributed by atoms with E-state index in [1.54, 1.807) is 17.8 Å². The van der Waals surface area contributed by atoms with Crippen LogP contribution in [0.15, 0.2) is 47.4 Å². The smallest absolute Gasteiger partial charge is 0.127 e. The van der Waals surface area contributed by atoms with E-state index in [1.165, 1.54) is 17.7 Å². The lowest BCUT2D eigenvalue weighted by Gasteiger charge is -2.05. The third kappa shape index (κ3) is 3.83. The summed E-state index contributed by atoms with van der Waals surface area (Å²) in [6, 6.07) is 14.7. The topological polar surface area (TPSA) is 35.8 Å². The van der Waals surface area contributed by atoms with Crippen molar-refractivity contribution in [1.82, 2.24) is 5.32 Å². The fourth-order valence-electron chi connectivity index (χ4n) is 1.82. The molecule has 0 fully saturated rings. The number of thioether (sulfide) groups is 1. The number of nitriles is 1. The molecule has 102 valence electrons. The van der Waals surface area contributed by atoms with Gasteiger partial charge in [-0.05, 0) is 48.5 Å². The van der Waals surface area contributed by atoms with Crippen molar-refractivity contribution in [2.24, 2.45) is 0 Å². The summed E-state index contributed by atoms with van der Waals surface area (Å²) < 4.78 is 13.6. The van der Waals surface area contributed by atoms with Gasteiger partial charge in [-0.15, -0.1) is 11.8 Å². The molecule has 2 aromatic carbocycles. The maximum Gasteiger partial charge on any atom is 0.127 e. The highest BCUT2D eigenvalue weighted by Crippen LogP contribution is 2.25. The zero-order chi connectivity index (χ0) is 14.4. The second-order valence-corrected chi connectivity index (χ2v) is 5.43. The minimum atomic E-state index is -0.261. The molecule has 0 amide bonds. The van der Waals surface area contributed by atoms with E-state index in [1.807, 2.05) is 25.2 Å². The summed E-state index contributed by atoms with van der Waals surface area (Å²) in [5, 5.41) is 11.9. The van der Waals surface area contributed by atoms with Crippen LogP contribution in [0.3, 0.4) is 0 Å². The van der Waals surface area contributed by atoms with Gasteiger partial charge in [0.25, 0.3) is 0 Å². The van der Waals surface area contributed by atoms with Gasteiger partial charge in [-0.3, -0.25) is 0 Å². The number of hydrogen-bond donors (Lipinski definition) is 1. The van der Waals surface area contributed by atoms with E-state index >= 15 is 0 Å². The molecule has 0 bridgehead atoms. The molecule has 2 rings (SSSR count). The molecule has 0 aliphatic rings. The van der Waals surface area contributed by atoms with Crippen molar-refractivity contribution >= 4 is 11.8 Å². The number of hydrogen-bond acceptors (Lipinski definition) is 3. The van der Waals surface area contributed by atoms with Gasteiger partial charge in [0.15, 0.2) is 0 Å². The first-order valence-corrected chi connectivity index (χ1v) is 7.26. The van der Waals surface area contributed by atoms with E-state index in [2.05, 4.69) is 17.4 Å². The van der Waals surface area contributed by atoms with Crippen LogP contribution < -0.4 is 5.32 Å². The molecule has 0 heterocycles. The lowest BCUT2D eigenvalue weighted by Crippen LogP contribution is -2.04. The number of halogens is 1. The molecule has 0 aliphatic heterocycles. The van der Waals surface area contributed by atoms with E-state index in [0.29, 0.717) is 16.9 Å². The molecule has 0 saturated carbocycles. The first-order valence-electron chi connectivity index (χ1n) is 6.28. The Morgan fingerprint density at radius 2 is 1.95 bits per heavy atom. The lowest BCUT2D eigenvalue weighted by molar-refractivity contribution is 0.617. The fourth-order valence-corrected chi connectivity index (χ4v) is 2.70. The zero-order valence-corrected chi connectivity index (χ0v) is 12.0. The second-order valence-electron chi connectivity index (χ2n) is 4.38. The molecule has 0 radical (unpaired) electrons. The zero-order valence-electron chi connectivity index (χ0n) is 11.2. The van der Waals surface area contributed by atoms with Crippen molar-refractivity contribution in [2.75, 3.05) is 7.05 Å².